The quantitative estimate of drug-likeness (QED) is 0.501. The van der Waals surface area contributed by atoms with E-state index in [1.807, 2.05) is 38.1 Å². The fourth-order valence-corrected chi connectivity index (χ4v) is 2.26. The Hall–Kier alpha value is -3.22. The van der Waals surface area contributed by atoms with Crippen LogP contribution in [-0.4, -0.2) is 20.6 Å². The third-order valence-electron chi connectivity index (χ3n) is 3.95. The molecule has 0 aromatic heterocycles. The highest BCUT2D eigenvalue weighted by Gasteiger charge is 2.12. The summed E-state index contributed by atoms with van der Waals surface area (Å²) in [6.45, 7) is 5.54. The molecule has 0 atom stereocenters. The van der Waals surface area contributed by atoms with Crippen molar-refractivity contribution in [2.75, 3.05) is 10.3 Å². The third-order valence-corrected chi connectivity index (χ3v) is 3.95. The van der Waals surface area contributed by atoms with Crippen molar-refractivity contribution in [2.24, 2.45) is 0 Å². The van der Waals surface area contributed by atoms with Crippen molar-refractivity contribution in [2.45, 2.75) is 20.8 Å². The van der Waals surface area contributed by atoms with Crippen molar-refractivity contribution in [3.05, 3.63) is 83.4 Å². The molecule has 6 heteroatoms. The van der Waals surface area contributed by atoms with Crippen LogP contribution in [0.2, 0.25) is 0 Å². The molecule has 3 rings (SSSR count). The van der Waals surface area contributed by atoms with Crippen LogP contribution in [-0.2, 0) is 0 Å². The molecular weight excluding hydrogens is 344 g/mol. The zero-order valence-corrected chi connectivity index (χ0v) is 15.5. The number of aryl methyl sites for hydroxylation is 2. The van der Waals surface area contributed by atoms with Crippen LogP contribution in [0, 0.1) is 20.8 Å². The second-order valence-corrected chi connectivity index (χ2v) is 6.17. The topological polar surface area (TPSA) is 87.4 Å². The van der Waals surface area contributed by atoms with E-state index in [-0.39, 0.29) is 11.5 Å². The number of hydrazine groups is 1. The summed E-state index contributed by atoms with van der Waals surface area (Å²) in [6, 6.07) is 19.1. The van der Waals surface area contributed by atoms with Gasteiger partial charge in [-0.2, -0.15) is 0 Å². The van der Waals surface area contributed by atoms with Crippen molar-refractivity contribution in [3.63, 3.8) is 0 Å². The Morgan fingerprint density at radius 1 is 0.593 bits per heavy atom. The molecule has 27 heavy (non-hydrogen) atoms. The number of nitrogens with zero attached hydrogens (tertiary/aromatic N) is 2. The highest BCUT2D eigenvalue weighted by molar-refractivity contribution is 5.54. The van der Waals surface area contributed by atoms with E-state index in [1.165, 1.54) is 12.1 Å². The van der Waals surface area contributed by atoms with Gasteiger partial charge in [0.05, 0.1) is 11.4 Å². The molecular formula is C21H24N2O4. The molecule has 142 valence electrons. The molecule has 4 N–H and O–H groups in total. The molecule has 0 radical (unpaired) electrons. The standard InChI is InChI=1S/C14H16N2O2.C7H8O2/c1-11-6-8-13(9-7-11)15(17)16(18)14-5-3-4-12(2)10-14;1-5-6(8)3-2-4-7(5)9/h3-10,17-18H,1-2H3;2-4,8-9H,1H3. The SMILES string of the molecule is Cc1c(O)cccc1O.Cc1ccc(N(O)N(O)c2cccc(C)c2)cc1. The molecule has 0 aliphatic heterocycles. The average Bonchev–Trinajstić information content (AvgIpc) is 2.66. The number of benzene rings is 3. The number of phenols is 2. The maximum absolute atomic E-state index is 9.95. The molecule has 0 bridgehead atoms. The Morgan fingerprint density at radius 3 is 1.63 bits per heavy atom. The Balaban J connectivity index is 0.000000244. The van der Waals surface area contributed by atoms with E-state index in [4.69, 9.17) is 10.2 Å². The van der Waals surface area contributed by atoms with Gasteiger partial charge in [0, 0.05) is 5.56 Å². The predicted octanol–water partition coefficient (Wildman–Crippen LogP) is 4.72. The fraction of sp³-hybridized carbons (Fsp3) is 0.143. The van der Waals surface area contributed by atoms with E-state index < -0.39 is 0 Å². The minimum Gasteiger partial charge on any atom is -0.508 e. The summed E-state index contributed by atoms with van der Waals surface area (Å²) in [5.74, 6) is 0.269. The van der Waals surface area contributed by atoms with Crippen molar-refractivity contribution < 1.29 is 20.6 Å². The molecule has 6 nitrogen and oxygen atoms in total. The summed E-state index contributed by atoms with van der Waals surface area (Å²) in [7, 11) is 0. The molecule has 0 amide bonds. The van der Waals surface area contributed by atoms with Crippen molar-refractivity contribution in [1.82, 2.24) is 0 Å². The first kappa shape index (κ1) is 20.1. The maximum atomic E-state index is 9.95. The van der Waals surface area contributed by atoms with E-state index in [0.29, 0.717) is 27.3 Å². The number of hydrogen-bond donors (Lipinski definition) is 4. The summed E-state index contributed by atoms with van der Waals surface area (Å²) < 4.78 is 0. The van der Waals surface area contributed by atoms with Gasteiger partial charge in [0.25, 0.3) is 0 Å². The van der Waals surface area contributed by atoms with Crippen molar-refractivity contribution in [1.29, 1.82) is 0 Å². The fourth-order valence-electron chi connectivity index (χ4n) is 2.26. The van der Waals surface area contributed by atoms with Crippen LogP contribution in [0.15, 0.2) is 66.7 Å². The Kier molecular flexibility index (Phi) is 6.65. The minimum absolute atomic E-state index is 0.134. The van der Waals surface area contributed by atoms with E-state index in [2.05, 4.69) is 0 Å². The monoisotopic (exact) mass is 368 g/mol. The number of rotatable bonds is 3. The summed E-state index contributed by atoms with van der Waals surface area (Å²) >= 11 is 0. The molecule has 3 aromatic carbocycles. The predicted molar refractivity (Wildman–Crippen MR) is 105 cm³/mol. The Bertz CT molecular complexity index is 861. The van der Waals surface area contributed by atoms with Crippen LogP contribution < -0.4 is 10.3 Å². The summed E-state index contributed by atoms with van der Waals surface area (Å²) in [6.07, 6.45) is 0. The molecule has 0 fully saturated rings. The lowest BCUT2D eigenvalue weighted by Gasteiger charge is -2.26. The molecule has 0 saturated carbocycles. The first-order valence-electron chi connectivity index (χ1n) is 8.38. The number of anilines is 2. The van der Waals surface area contributed by atoms with Gasteiger partial charge >= 0.3 is 0 Å². The highest BCUT2D eigenvalue weighted by Crippen LogP contribution is 2.24. The third kappa shape index (κ3) is 5.37. The normalized spacial score (nSPS) is 9.96. The Labute approximate surface area is 158 Å². The molecule has 0 heterocycles. The second kappa shape index (κ2) is 8.93. The first-order valence-corrected chi connectivity index (χ1v) is 8.38. The van der Waals surface area contributed by atoms with E-state index in [1.54, 1.807) is 37.3 Å². The number of hydrogen-bond acceptors (Lipinski definition) is 6. The van der Waals surface area contributed by atoms with E-state index in [0.717, 1.165) is 11.1 Å². The van der Waals surface area contributed by atoms with Crippen molar-refractivity contribution >= 4 is 11.4 Å². The molecule has 0 unspecified atom stereocenters. The number of phenolic OH excluding ortho intramolecular Hbond substituents is 2. The minimum atomic E-state index is 0.134. The lowest BCUT2D eigenvalue weighted by atomic mass is 10.2. The average molecular weight is 368 g/mol. The zero-order chi connectivity index (χ0) is 20.0. The van der Waals surface area contributed by atoms with Crippen molar-refractivity contribution in [3.8, 4) is 11.5 Å². The smallest absolute Gasteiger partial charge is 0.122 e. The largest absolute Gasteiger partial charge is 0.508 e. The highest BCUT2D eigenvalue weighted by atomic mass is 16.7. The van der Waals surface area contributed by atoms with Gasteiger partial charge in [-0.3, -0.25) is 10.4 Å². The van der Waals surface area contributed by atoms with Gasteiger partial charge in [0.2, 0.25) is 0 Å². The van der Waals surface area contributed by atoms with Crippen LogP contribution in [0.25, 0.3) is 0 Å². The lowest BCUT2D eigenvalue weighted by Crippen LogP contribution is -2.37. The molecule has 0 spiro atoms. The van der Waals surface area contributed by atoms with Gasteiger partial charge in [-0.15, -0.1) is 10.3 Å². The van der Waals surface area contributed by atoms with Gasteiger partial charge in [-0.25, -0.2) is 0 Å². The number of aromatic hydroxyl groups is 2. The second-order valence-electron chi connectivity index (χ2n) is 6.17. The lowest BCUT2D eigenvalue weighted by molar-refractivity contribution is 0.118. The van der Waals surface area contributed by atoms with Crippen LogP contribution >= 0.6 is 0 Å². The van der Waals surface area contributed by atoms with Gasteiger partial charge < -0.3 is 10.2 Å². The summed E-state index contributed by atoms with van der Waals surface area (Å²) in [5, 5.41) is 39.2. The maximum Gasteiger partial charge on any atom is 0.122 e. The van der Waals surface area contributed by atoms with E-state index >= 15 is 0 Å². The summed E-state index contributed by atoms with van der Waals surface area (Å²) in [5.41, 5.74) is 3.61. The molecule has 3 aromatic rings. The molecule has 0 aliphatic rings. The van der Waals surface area contributed by atoms with Crippen LogP contribution in [0.5, 0.6) is 11.5 Å². The van der Waals surface area contributed by atoms with Gasteiger partial charge in [0.15, 0.2) is 0 Å². The summed E-state index contributed by atoms with van der Waals surface area (Å²) in [4.78, 5) is 0. The van der Waals surface area contributed by atoms with Crippen LogP contribution in [0.3, 0.4) is 0 Å². The molecule has 0 saturated heterocycles. The van der Waals surface area contributed by atoms with Crippen LogP contribution in [0.4, 0.5) is 11.4 Å². The first-order chi connectivity index (χ1) is 12.8. The zero-order valence-electron chi connectivity index (χ0n) is 15.5. The van der Waals surface area contributed by atoms with Crippen LogP contribution in [0.1, 0.15) is 16.7 Å². The Morgan fingerprint density at radius 2 is 1.11 bits per heavy atom. The van der Waals surface area contributed by atoms with E-state index in [9.17, 15) is 10.4 Å². The van der Waals surface area contributed by atoms with Gasteiger partial charge in [-0.1, -0.05) is 35.9 Å². The van der Waals surface area contributed by atoms with Gasteiger partial charge in [-0.05, 0) is 62.7 Å². The molecule has 0 aliphatic carbocycles. The van der Waals surface area contributed by atoms with Gasteiger partial charge in [0.1, 0.15) is 11.5 Å².